The molecule has 1 aliphatic rings. The van der Waals surface area contributed by atoms with E-state index >= 15 is 0 Å². The Morgan fingerprint density at radius 2 is 2.05 bits per heavy atom. The third kappa shape index (κ3) is 5.00. The SMILES string of the molecule is C[C@@H](N)C(=O)N1CCCC(CNC(=O)c2ccccc2)C1.Cl. The molecular formula is C16H24ClN3O2. The van der Waals surface area contributed by atoms with Crippen molar-refractivity contribution in [1.29, 1.82) is 0 Å². The highest BCUT2D eigenvalue weighted by Crippen LogP contribution is 2.16. The first-order valence-corrected chi connectivity index (χ1v) is 7.45. The van der Waals surface area contributed by atoms with Gasteiger partial charge < -0.3 is 16.0 Å². The fourth-order valence-corrected chi connectivity index (χ4v) is 2.65. The van der Waals surface area contributed by atoms with Gasteiger partial charge in [0.1, 0.15) is 0 Å². The lowest BCUT2D eigenvalue weighted by molar-refractivity contribution is -0.133. The largest absolute Gasteiger partial charge is 0.352 e. The molecule has 1 aliphatic heterocycles. The average molecular weight is 326 g/mol. The van der Waals surface area contributed by atoms with Crippen LogP contribution >= 0.6 is 12.4 Å². The van der Waals surface area contributed by atoms with Crippen LogP contribution in [0.15, 0.2) is 30.3 Å². The van der Waals surface area contributed by atoms with E-state index in [1.807, 2.05) is 23.1 Å². The Morgan fingerprint density at radius 1 is 1.36 bits per heavy atom. The van der Waals surface area contributed by atoms with Gasteiger partial charge in [-0.1, -0.05) is 18.2 Å². The molecule has 6 heteroatoms. The van der Waals surface area contributed by atoms with Crippen molar-refractivity contribution in [3.63, 3.8) is 0 Å². The molecular weight excluding hydrogens is 302 g/mol. The number of likely N-dealkylation sites (tertiary alicyclic amines) is 1. The summed E-state index contributed by atoms with van der Waals surface area (Å²) >= 11 is 0. The summed E-state index contributed by atoms with van der Waals surface area (Å²) < 4.78 is 0. The van der Waals surface area contributed by atoms with Gasteiger partial charge in [-0.3, -0.25) is 9.59 Å². The number of nitrogens with zero attached hydrogens (tertiary/aromatic N) is 1. The summed E-state index contributed by atoms with van der Waals surface area (Å²) in [7, 11) is 0. The predicted molar refractivity (Wildman–Crippen MR) is 89.0 cm³/mol. The summed E-state index contributed by atoms with van der Waals surface area (Å²) in [4.78, 5) is 25.7. The second kappa shape index (κ2) is 8.76. The van der Waals surface area contributed by atoms with E-state index in [2.05, 4.69) is 5.32 Å². The zero-order valence-corrected chi connectivity index (χ0v) is 13.6. The zero-order chi connectivity index (χ0) is 15.2. The maximum Gasteiger partial charge on any atom is 0.251 e. The molecule has 1 fully saturated rings. The Kier molecular flexibility index (Phi) is 7.35. The zero-order valence-electron chi connectivity index (χ0n) is 12.8. The highest BCUT2D eigenvalue weighted by molar-refractivity contribution is 5.94. The minimum Gasteiger partial charge on any atom is -0.352 e. The van der Waals surface area contributed by atoms with E-state index in [4.69, 9.17) is 5.73 Å². The number of nitrogens with one attached hydrogen (secondary N) is 1. The highest BCUT2D eigenvalue weighted by atomic mass is 35.5. The molecule has 1 heterocycles. The average Bonchev–Trinajstić information content (AvgIpc) is 2.53. The molecule has 1 aromatic carbocycles. The van der Waals surface area contributed by atoms with E-state index in [9.17, 15) is 9.59 Å². The standard InChI is InChI=1S/C16H23N3O2.ClH/c1-12(17)16(21)19-9-5-6-13(11-19)10-18-15(20)14-7-3-2-4-8-14;/h2-4,7-8,12-13H,5-6,9-11,17H2,1H3,(H,18,20);1H/t12-,13?;/m1./s1. The van der Waals surface area contributed by atoms with Crippen molar-refractivity contribution in [2.24, 2.45) is 11.7 Å². The monoisotopic (exact) mass is 325 g/mol. The Bertz CT molecular complexity index is 493. The van der Waals surface area contributed by atoms with E-state index in [0.29, 0.717) is 24.6 Å². The summed E-state index contributed by atoms with van der Waals surface area (Å²) in [6.45, 7) is 3.75. The summed E-state index contributed by atoms with van der Waals surface area (Å²) in [6, 6.07) is 8.71. The van der Waals surface area contributed by atoms with Crippen LogP contribution in [0.3, 0.4) is 0 Å². The second-order valence-electron chi connectivity index (χ2n) is 5.66. The minimum atomic E-state index is -0.456. The second-order valence-corrected chi connectivity index (χ2v) is 5.66. The summed E-state index contributed by atoms with van der Waals surface area (Å²) in [6.07, 6.45) is 1.99. The van der Waals surface area contributed by atoms with Gasteiger partial charge in [-0.15, -0.1) is 12.4 Å². The number of hydrogen-bond acceptors (Lipinski definition) is 3. The fraction of sp³-hybridized carbons (Fsp3) is 0.500. The maximum absolute atomic E-state index is 12.0. The molecule has 5 nitrogen and oxygen atoms in total. The number of piperidine rings is 1. The van der Waals surface area contributed by atoms with Crippen molar-refractivity contribution in [2.75, 3.05) is 19.6 Å². The van der Waals surface area contributed by atoms with Crippen LogP contribution in [-0.2, 0) is 4.79 Å². The molecule has 2 atom stereocenters. The molecule has 1 unspecified atom stereocenters. The van der Waals surface area contributed by atoms with Gasteiger partial charge in [0.2, 0.25) is 5.91 Å². The Morgan fingerprint density at radius 3 is 2.68 bits per heavy atom. The first-order valence-electron chi connectivity index (χ1n) is 7.45. The fourth-order valence-electron chi connectivity index (χ4n) is 2.65. The molecule has 0 aliphatic carbocycles. The van der Waals surface area contributed by atoms with Gasteiger partial charge >= 0.3 is 0 Å². The number of amides is 2. The lowest BCUT2D eigenvalue weighted by atomic mass is 9.97. The number of hydrogen-bond donors (Lipinski definition) is 2. The van der Waals surface area contributed by atoms with Crippen molar-refractivity contribution >= 4 is 24.2 Å². The van der Waals surface area contributed by atoms with Crippen molar-refractivity contribution in [1.82, 2.24) is 10.2 Å². The smallest absolute Gasteiger partial charge is 0.251 e. The van der Waals surface area contributed by atoms with E-state index in [1.165, 1.54) is 0 Å². The molecule has 22 heavy (non-hydrogen) atoms. The molecule has 0 aromatic heterocycles. The van der Waals surface area contributed by atoms with Crippen LogP contribution in [0.1, 0.15) is 30.1 Å². The Labute approximate surface area is 137 Å². The minimum absolute atomic E-state index is 0. The van der Waals surface area contributed by atoms with E-state index < -0.39 is 6.04 Å². The van der Waals surface area contributed by atoms with Crippen LogP contribution in [-0.4, -0.2) is 42.4 Å². The first kappa shape index (κ1) is 18.5. The van der Waals surface area contributed by atoms with Crippen molar-refractivity contribution in [3.8, 4) is 0 Å². The topological polar surface area (TPSA) is 75.4 Å². The van der Waals surface area contributed by atoms with Crippen LogP contribution in [0.4, 0.5) is 0 Å². The van der Waals surface area contributed by atoms with Crippen LogP contribution in [0.2, 0.25) is 0 Å². The Balaban J connectivity index is 0.00000242. The van der Waals surface area contributed by atoms with Gasteiger partial charge in [0.25, 0.3) is 5.91 Å². The number of nitrogens with two attached hydrogens (primary N) is 1. The molecule has 0 spiro atoms. The molecule has 2 rings (SSSR count). The third-order valence-corrected chi connectivity index (χ3v) is 3.81. The normalized spacial score (nSPS) is 19.0. The van der Waals surface area contributed by atoms with Crippen LogP contribution in [0, 0.1) is 5.92 Å². The molecule has 0 radical (unpaired) electrons. The number of benzene rings is 1. The van der Waals surface area contributed by atoms with E-state index in [0.717, 1.165) is 19.4 Å². The molecule has 0 saturated carbocycles. The third-order valence-electron chi connectivity index (χ3n) is 3.81. The van der Waals surface area contributed by atoms with Gasteiger partial charge in [-0.05, 0) is 37.8 Å². The number of carbonyl (C=O) groups excluding carboxylic acids is 2. The van der Waals surface area contributed by atoms with Gasteiger partial charge in [-0.25, -0.2) is 0 Å². The van der Waals surface area contributed by atoms with Crippen molar-refractivity contribution in [3.05, 3.63) is 35.9 Å². The Hall–Kier alpha value is -1.59. The lowest BCUT2D eigenvalue weighted by Crippen LogP contribution is -2.48. The number of carbonyl (C=O) groups is 2. The van der Waals surface area contributed by atoms with Crippen LogP contribution in [0.5, 0.6) is 0 Å². The van der Waals surface area contributed by atoms with Crippen molar-refractivity contribution in [2.45, 2.75) is 25.8 Å². The van der Waals surface area contributed by atoms with Gasteiger partial charge in [-0.2, -0.15) is 0 Å². The van der Waals surface area contributed by atoms with E-state index in [-0.39, 0.29) is 24.2 Å². The maximum atomic E-state index is 12.0. The molecule has 122 valence electrons. The van der Waals surface area contributed by atoms with Gasteiger partial charge in [0, 0.05) is 25.2 Å². The lowest BCUT2D eigenvalue weighted by Gasteiger charge is -2.33. The molecule has 3 N–H and O–H groups in total. The first-order chi connectivity index (χ1) is 10.1. The molecule has 0 bridgehead atoms. The number of halogens is 1. The quantitative estimate of drug-likeness (QED) is 0.879. The molecule has 2 amide bonds. The van der Waals surface area contributed by atoms with Crippen LogP contribution < -0.4 is 11.1 Å². The predicted octanol–water partition coefficient (Wildman–Crippen LogP) is 1.42. The van der Waals surface area contributed by atoms with Crippen molar-refractivity contribution < 1.29 is 9.59 Å². The summed E-state index contributed by atoms with van der Waals surface area (Å²) in [5.74, 6) is 0.231. The summed E-state index contributed by atoms with van der Waals surface area (Å²) in [5, 5.41) is 2.95. The molecule has 1 saturated heterocycles. The molecule has 1 aromatic rings. The van der Waals surface area contributed by atoms with E-state index in [1.54, 1.807) is 19.1 Å². The highest BCUT2D eigenvalue weighted by Gasteiger charge is 2.25. The van der Waals surface area contributed by atoms with Crippen LogP contribution in [0.25, 0.3) is 0 Å². The van der Waals surface area contributed by atoms with Gasteiger partial charge in [0.05, 0.1) is 6.04 Å². The van der Waals surface area contributed by atoms with Gasteiger partial charge in [0.15, 0.2) is 0 Å². The summed E-state index contributed by atoms with van der Waals surface area (Å²) in [5.41, 5.74) is 6.31. The number of rotatable bonds is 4.